The molecule has 206 valence electrons. The van der Waals surface area contributed by atoms with Gasteiger partial charge in [-0.1, -0.05) is 54.6 Å². The maximum atomic E-state index is 13.7. The molecule has 0 spiro atoms. The van der Waals surface area contributed by atoms with Gasteiger partial charge in [-0.25, -0.2) is 0 Å². The molecular weight excluding hydrogens is 514 g/mol. The highest BCUT2D eigenvalue weighted by Crippen LogP contribution is 2.22. The van der Waals surface area contributed by atoms with E-state index >= 15 is 0 Å². The number of carbonyl (C=O) groups is 2. The summed E-state index contributed by atoms with van der Waals surface area (Å²) < 4.78 is 5.37. The van der Waals surface area contributed by atoms with Crippen LogP contribution < -0.4 is 10.1 Å². The zero-order valence-corrected chi connectivity index (χ0v) is 23.6. The number of hydrogen-bond donors (Lipinski definition) is 1. The number of rotatable bonds is 12. The Balaban J connectivity index is 1.86. The van der Waals surface area contributed by atoms with E-state index in [0.29, 0.717) is 17.9 Å². The molecule has 0 bridgehead atoms. The Labute approximate surface area is 233 Å². The number of amides is 2. The molecule has 0 saturated heterocycles. The second-order valence-electron chi connectivity index (χ2n) is 10.2. The highest BCUT2D eigenvalue weighted by Gasteiger charge is 2.32. The van der Waals surface area contributed by atoms with Gasteiger partial charge in [0, 0.05) is 36.4 Å². The van der Waals surface area contributed by atoms with Crippen molar-refractivity contribution in [3.05, 3.63) is 106 Å². The van der Waals surface area contributed by atoms with Crippen molar-refractivity contribution in [2.45, 2.75) is 51.1 Å². The van der Waals surface area contributed by atoms with Crippen molar-refractivity contribution >= 4 is 29.3 Å². The predicted octanol–water partition coefficient (Wildman–Crippen LogP) is 5.39. The maximum Gasteiger partial charge on any atom is 0.269 e. The van der Waals surface area contributed by atoms with Gasteiger partial charge in [-0.15, -0.1) is 11.8 Å². The molecule has 0 aliphatic rings. The highest BCUT2D eigenvalue weighted by atomic mass is 32.2. The second-order valence-corrected chi connectivity index (χ2v) is 11.2. The van der Waals surface area contributed by atoms with Crippen LogP contribution in [0.15, 0.2) is 78.9 Å². The first kappa shape index (κ1) is 29.7. The van der Waals surface area contributed by atoms with Gasteiger partial charge >= 0.3 is 0 Å². The molecule has 8 nitrogen and oxygen atoms in total. The van der Waals surface area contributed by atoms with Crippen LogP contribution in [-0.2, 0) is 28.3 Å². The van der Waals surface area contributed by atoms with Crippen LogP contribution >= 0.6 is 11.8 Å². The lowest BCUT2D eigenvalue weighted by Gasteiger charge is -2.34. The minimum atomic E-state index is -0.731. The largest absolute Gasteiger partial charge is 0.497 e. The Kier molecular flexibility index (Phi) is 10.5. The third kappa shape index (κ3) is 9.44. The van der Waals surface area contributed by atoms with E-state index in [4.69, 9.17) is 4.74 Å². The second kappa shape index (κ2) is 13.8. The van der Waals surface area contributed by atoms with Crippen molar-refractivity contribution in [3.63, 3.8) is 0 Å². The molecule has 1 atom stereocenters. The van der Waals surface area contributed by atoms with Crippen LogP contribution in [0, 0.1) is 10.1 Å². The third-order valence-electron chi connectivity index (χ3n) is 5.90. The van der Waals surface area contributed by atoms with Crippen LogP contribution in [0.4, 0.5) is 5.69 Å². The molecule has 9 heteroatoms. The lowest BCUT2D eigenvalue weighted by molar-refractivity contribution is -0.384. The van der Waals surface area contributed by atoms with E-state index in [1.54, 1.807) is 24.1 Å². The zero-order valence-electron chi connectivity index (χ0n) is 22.8. The quantitative estimate of drug-likeness (QED) is 0.240. The number of thioether (sulfide) groups is 1. The van der Waals surface area contributed by atoms with E-state index in [2.05, 4.69) is 5.32 Å². The standard InChI is InChI=1S/C30H35N3O5S/c1-30(2,3)31-29(35)27(18-22-9-6-5-7-10-22)32(19-24-11-8-12-26(17-24)38-4)28(34)21-39-20-23-13-15-25(16-14-23)33(36)37/h5-17,27H,18-21H2,1-4H3,(H,31,35)/t27-/m1/s1. The van der Waals surface area contributed by atoms with Gasteiger partial charge in [0.25, 0.3) is 5.69 Å². The van der Waals surface area contributed by atoms with E-state index in [9.17, 15) is 19.7 Å². The fourth-order valence-corrected chi connectivity index (χ4v) is 4.90. The van der Waals surface area contributed by atoms with Gasteiger partial charge in [0.05, 0.1) is 17.8 Å². The van der Waals surface area contributed by atoms with E-state index in [0.717, 1.165) is 16.7 Å². The third-order valence-corrected chi connectivity index (χ3v) is 6.89. The summed E-state index contributed by atoms with van der Waals surface area (Å²) >= 11 is 1.41. The summed E-state index contributed by atoms with van der Waals surface area (Å²) in [5.41, 5.74) is 2.24. The molecule has 0 aromatic heterocycles. The zero-order chi connectivity index (χ0) is 28.4. The molecular formula is C30H35N3O5S. The highest BCUT2D eigenvalue weighted by molar-refractivity contribution is 7.99. The molecule has 3 rings (SSSR count). The molecule has 0 heterocycles. The number of nitro benzene ring substituents is 1. The summed E-state index contributed by atoms with van der Waals surface area (Å²) in [7, 11) is 1.59. The first-order chi connectivity index (χ1) is 18.6. The summed E-state index contributed by atoms with van der Waals surface area (Å²) in [5.74, 6) is 0.937. The molecule has 1 N–H and O–H groups in total. The average molecular weight is 550 g/mol. The van der Waals surface area contributed by atoms with Crippen LogP contribution in [0.2, 0.25) is 0 Å². The van der Waals surface area contributed by atoms with Gasteiger partial charge in [-0.05, 0) is 49.6 Å². The topological polar surface area (TPSA) is 102 Å². The van der Waals surface area contributed by atoms with Crippen molar-refractivity contribution in [2.24, 2.45) is 0 Å². The monoisotopic (exact) mass is 549 g/mol. The van der Waals surface area contributed by atoms with E-state index < -0.39 is 16.5 Å². The minimum Gasteiger partial charge on any atom is -0.497 e. The first-order valence-corrected chi connectivity index (χ1v) is 13.8. The molecule has 0 saturated carbocycles. The van der Waals surface area contributed by atoms with Gasteiger partial charge in [0.2, 0.25) is 11.8 Å². The fourth-order valence-electron chi connectivity index (χ4n) is 4.03. The number of nitrogens with zero attached hydrogens (tertiary/aromatic N) is 2. The predicted molar refractivity (Wildman–Crippen MR) is 155 cm³/mol. The average Bonchev–Trinajstić information content (AvgIpc) is 2.90. The van der Waals surface area contributed by atoms with Crippen molar-refractivity contribution in [1.29, 1.82) is 0 Å². The molecule has 39 heavy (non-hydrogen) atoms. The number of non-ortho nitro benzene ring substituents is 1. The molecule has 3 aromatic carbocycles. The van der Waals surface area contributed by atoms with Crippen LogP contribution in [0.5, 0.6) is 5.75 Å². The summed E-state index contributed by atoms with van der Waals surface area (Å²) in [6.45, 7) is 5.99. The fraction of sp³-hybridized carbons (Fsp3) is 0.333. The summed E-state index contributed by atoms with van der Waals surface area (Å²) in [6, 6.07) is 22.7. The van der Waals surface area contributed by atoms with Crippen LogP contribution in [0.1, 0.15) is 37.5 Å². The van der Waals surface area contributed by atoms with E-state index in [-0.39, 0.29) is 29.8 Å². The molecule has 0 unspecified atom stereocenters. The molecule has 2 amide bonds. The lowest BCUT2D eigenvalue weighted by atomic mass is 10.0. The van der Waals surface area contributed by atoms with Crippen molar-refractivity contribution in [1.82, 2.24) is 10.2 Å². The van der Waals surface area contributed by atoms with Crippen LogP contribution in [-0.4, -0.2) is 46.1 Å². The number of methoxy groups -OCH3 is 1. The number of hydrogen-bond acceptors (Lipinski definition) is 6. The van der Waals surface area contributed by atoms with Crippen LogP contribution in [0.3, 0.4) is 0 Å². The van der Waals surface area contributed by atoms with Crippen molar-refractivity contribution in [3.8, 4) is 5.75 Å². The Morgan fingerprint density at radius 1 is 0.974 bits per heavy atom. The van der Waals surface area contributed by atoms with E-state index in [1.165, 1.54) is 23.9 Å². The minimum absolute atomic E-state index is 0.0258. The van der Waals surface area contributed by atoms with Gasteiger partial charge in [0.15, 0.2) is 0 Å². The van der Waals surface area contributed by atoms with Crippen molar-refractivity contribution < 1.29 is 19.2 Å². The molecule has 0 aliphatic heterocycles. The Bertz CT molecular complexity index is 1260. The first-order valence-electron chi connectivity index (χ1n) is 12.6. The Morgan fingerprint density at radius 3 is 2.26 bits per heavy atom. The summed E-state index contributed by atoms with van der Waals surface area (Å²) in [4.78, 5) is 39.5. The van der Waals surface area contributed by atoms with Gasteiger partial charge in [-0.2, -0.15) is 0 Å². The van der Waals surface area contributed by atoms with E-state index in [1.807, 2.05) is 75.4 Å². The number of benzene rings is 3. The Morgan fingerprint density at radius 2 is 1.64 bits per heavy atom. The number of carbonyl (C=O) groups excluding carboxylic acids is 2. The molecule has 0 fully saturated rings. The number of nitro groups is 1. The smallest absolute Gasteiger partial charge is 0.269 e. The maximum absolute atomic E-state index is 13.7. The molecule has 0 aliphatic carbocycles. The molecule has 3 aromatic rings. The van der Waals surface area contributed by atoms with Gasteiger partial charge in [0.1, 0.15) is 11.8 Å². The normalized spacial score (nSPS) is 11.9. The number of nitrogens with one attached hydrogen (secondary N) is 1. The number of ether oxygens (including phenoxy) is 1. The summed E-state index contributed by atoms with van der Waals surface area (Å²) in [6.07, 6.45) is 0.367. The van der Waals surface area contributed by atoms with Crippen molar-refractivity contribution in [2.75, 3.05) is 12.9 Å². The lowest BCUT2D eigenvalue weighted by Crippen LogP contribution is -2.54. The summed E-state index contributed by atoms with van der Waals surface area (Å²) in [5, 5.41) is 14.0. The SMILES string of the molecule is COc1cccc(CN(C(=O)CSCc2ccc([N+](=O)[O-])cc2)[C@H](Cc2ccccc2)C(=O)NC(C)(C)C)c1. The van der Waals surface area contributed by atoms with Crippen LogP contribution in [0.25, 0.3) is 0 Å². The van der Waals surface area contributed by atoms with Gasteiger partial charge in [-0.3, -0.25) is 19.7 Å². The Hall–Kier alpha value is -3.85. The molecule has 0 radical (unpaired) electrons. The van der Waals surface area contributed by atoms with Gasteiger partial charge < -0.3 is 15.0 Å².